The number of nitrogens with zero attached hydrogens (tertiary/aromatic N) is 3. The van der Waals surface area contributed by atoms with Gasteiger partial charge in [-0.2, -0.15) is 0 Å². The van der Waals surface area contributed by atoms with E-state index in [2.05, 4.69) is 32.1 Å². The molecule has 6 nitrogen and oxygen atoms in total. The highest BCUT2D eigenvalue weighted by molar-refractivity contribution is 5.92. The van der Waals surface area contributed by atoms with Crippen LogP contribution in [-0.4, -0.2) is 32.4 Å². The summed E-state index contributed by atoms with van der Waals surface area (Å²) >= 11 is 0. The zero-order valence-corrected chi connectivity index (χ0v) is 15.4. The fourth-order valence-corrected chi connectivity index (χ4v) is 3.34. The summed E-state index contributed by atoms with van der Waals surface area (Å²) in [5, 5.41) is 15.0. The fraction of sp³-hybridized carbons (Fsp3) is 0.400. The Morgan fingerprint density at radius 1 is 1.35 bits per heavy atom. The van der Waals surface area contributed by atoms with Gasteiger partial charge in [0.05, 0.1) is 22.9 Å². The topological polar surface area (TPSA) is 72.2 Å². The summed E-state index contributed by atoms with van der Waals surface area (Å²) in [6.45, 7) is 7.22. The summed E-state index contributed by atoms with van der Waals surface area (Å²) in [6.07, 6.45) is 8.80. The Morgan fingerprint density at radius 3 is 2.85 bits per heavy atom. The lowest BCUT2D eigenvalue weighted by Crippen LogP contribution is -2.30. The van der Waals surface area contributed by atoms with Gasteiger partial charge in [-0.15, -0.1) is 0 Å². The van der Waals surface area contributed by atoms with Crippen LogP contribution in [0.3, 0.4) is 0 Å². The number of ether oxygens (including phenoxy) is 1. The van der Waals surface area contributed by atoms with E-state index in [-0.39, 0.29) is 0 Å². The number of rotatable bonds is 5. The largest absolute Gasteiger partial charge is 0.386 e. The van der Waals surface area contributed by atoms with E-state index in [4.69, 9.17) is 4.74 Å². The second-order valence-electron chi connectivity index (χ2n) is 7.40. The molecular weight excluding hydrogens is 328 g/mol. The molecule has 0 aromatic carbocycles. The molecule has 1 unspecified atom stereocenters. The van der Waals surface area contributed by atoms with Crippen molar-refractivity contribution < 1.29 is 9.84 Å². The van der Waals surface area contributed by atoms with Crippen molar-refractivity contribution in [1.82, 2.24) is 14.5 Å². The summed E-state index contributed by atoms with van der Waals surface area (Å²) in [5.74, 6) is 0.774. The SMILES string of the molecule is Cc1cncc(C(C)(C)O)c1Nc1nccc2c1ccn2CC1CCO1. The second-order valence-corrected chi connectivity index (χ2v) is 7.40. The van der Waals surface area contributed by atoms with Crippen LogP contribution in [0.15, 0.2) is 36.9 Å². The third-order valence-electron chi connectivity index (χ3n) is 4.93. The van der Waals surface area contributed by atoms with Gasteiger partial charge in [-0.3, -0.25) is 4.98 Å². The van der Waals surface area contributed by atoms with Crippen LogP contribution < -0.4 is 5.32 Å². The molecule has 1 aliphatic rings. The lowest BCUT2D eigenvalue weighted by molar-refractivity contribution is -0.0586. The van der Waals surface area contributed by atoms with Gasteiger partial charge in [0, 0.05) is 48.9 Å². The molecule has 3 aromatic heterocycles. The maximum Gasteiger partial charge on any atom is 0.139 e. The number of hydrogen-bond acceptors (Lipinski definition) is 5. The van der Waals surface area contributed by atoms with Crippen LogP contribution in [0.2, 0.25) is 0 Å². The van der Waals surface area contributed by atoms with Crippen LogP contribution in [0, 0.1) is 6.92 Å². The van der Waals surface area contributed by atoms with Gasteiger partial charge >= 0.3 is 0 Å². The van der Waals surface area contributed by atoms with E-state index in [9.17, 15) is 5.11 Å². The lowest BCUT2D eigenvalue weighted by Gasteiger charge is -2.27. The summed E-state index contributed by atoms with van der Waals surface area (Å²) in [6, 6.07) is 4.10. The molecular formula is C20H24N4O2. The van der Waals surface area contributed by atoms with Crippen LogP contribution in [0.5, 0.6) is 0 Å². The number of aromatic nitrogens is 3. The molecule has 0 aliphatic carbocycles. The van der Waals surface area contributed by atoms with Crippen molar-refractivity contribution >= 4 is 22.4 Å². The number of aryl methyl sites for hydroxylation is 1. The standard InChI is InChI=1S/C20H24N4O2/c1-13-10-21-11-16(20(2,3)25)18(13)23-19-15-5-8-24(12-14-6-9-26-14)17(15)4-7-22-19/h4-5,7-8,10-11,14,25H,6,9,12H2,1-3H3,(H,21,22,23). The Balaban J connectivity index is 1.72. The molecule has 0 saturated carbocycles. The first kappa shape index (κ1) is 17.0. The van der Waals surface area contributed by atoms with Crippen molar-refractivity contribution in [1.29, 1.82) is 0 Å². The third-order valence-corrected chi connectivity index (χ3v) is 4.93. The van der Waals surface area contributed by atoms with E-state index in [0.29, 0.717) is 6.10 Å². The van der Waals surface area contributed by atoms with Gasteiger partial charge in [0.15, 0.2) is 0 Å². The Morgan fingerprint density at radius 2 is 2.15 bits per heavy atom. The molecule has 1 fully saturated rings. The number of anilines is 2. The summed E-state index contributed by atoms with van der Waals surface area (Å²) in [5.41, 5.74) is 2.68. The maximum absolute atomic E-state index is 10.5. The van der Waals surface area contributed by atoms with Crippen LogP contribution >= 0.6 is 0 Å². The maximum atomic E-state index is 10.5. The zero-order valence-electron chi connectivity index (χ0n) is 15.4. The molecule has 1 aliphatic heterocycles. The molecule has 136 valence electrons. The number of fused-ring (bicyclic) bond motifs is 1. The van der Waals surface area contributed by atoms with Crippen molar-refractivity contribution in [3.8, 4) is 0 Å². The molecule has 6 heteroatoms. The molecule has 0 amide bonds. The zero-order chi connectivity index (χ0) is 18.3. The van der Waals surface area contributed by atoms with Gasteiger partial charge in [-0.05, 0) is 44.9 Å². The van der Waals surface area contributed by atoms with Gasteiger partial charge in [0.2, 0.25) is 0 Å². The predicted octanol–water partition coefficient (Wildman–Crippen LogP) is 3.50. The molecule has 4 heterocycles. The van der Waals surface area contributed by atoms with E-state index in [1.165, 1.54) is 0 Å². The molecule has 1 saturated heterocycles. The van der Waals surface area contributed by atoms with Gasteiger partial charge in [0.25, 0.3) is 0 Å². The molecule has 26 heavy (non-hydrogen) atoms. The van der Waals surface area contributed by atoms with Crippen molar-refractivity contribution in [2.75, 3.05) is 11.9 Å². The summed E-state index contributed by atoms with van der Waals surface area (Å²) < 4.78 is 7.77. The van der Waals surface area contributed by atoms with Crippen LogP contribution in [-0.2, 0) is 16.9 Å². The van der Waals surface area contributed by atoms with Crippen LogP contribution in [0.4, 0.5) is 11.5 Å². The second kappa shape index (κ2) is 6.37. The first-order valence-electron chi connectivity index (χ1n) is 8.93. The summed E-state index contributed by atoms with van der Waals surface area (Å²) in [4.78, 5) is 8.76. The Kier molecular flexibility index (Phi) is 4.17. The predicted molar refractivity (Wildman–Crippen MR) is 102 cm³/mol. The van der Waals surface area contributed by atoms with E-state index >= 15 is 0 Å². The first-order valence-corrected chi connectivity index (χ1v) is 8.93. The summed E-state index contributed by atoms with van der Waals surface area (Å²) in [7, 11) is 0. The molecule has 1 atom stereocenters. The first-order chi connectivity index (χ1) is 12.4. The number of hydrogen-bond donors (Lipinski definition) is 2. The average Bonchev–Trinajstić information content (AvgIpc) is 2.96. The van der Waals surface area contributed by atoms with Crippen LogP contribution in [0.25, 0.3) is 10.9 Å². The highest BCUT2D eigenvalue weighted by Gasteiger charge is 2.23. The molecule has 4 rings (SSSR count). The van der Waals surface area contributed by atoms with Crippen LogP contribution in [0.1, 0.15) is 31.4 Å². The van der Waals surface area contributed by atoms with Gasteiger partial charge < -0.3 is 19.7 Å². The van der Waals surface area contributed by atoms with E-state index < -0.39 is 5.60 Å². The Hall–Kier alpha value is -2.44. The Bertz CT molecular complexity index is 939. The van der Waals surface area contributed by atoms with Crippen molar-refractivity contribution in [3.05, 3.63) is 48.0 Å². The fourth-order valence-electron chi connectivity index (χ4n) is 3.34. The lowest BCUT2D eigenvalue weighted by atomic mass is 9.96. The Labute approximate surface area is 152 Å². The highest BCUT2D eigenvalue weighted by atomic mass is 16.5. The van der Waals surface area contributed by atoms with Gasteiger partial charge in [-0.25, -0.2) is 4.98 Å². The van der Waals surface area contributed by atoms with Gasteiger partial charge in [-0.1, -0.05) is 0 Å². The van der Waals surface area contributed by atoms with Crippen molar-refractivity contribution in [2.24, 2.45) is 0 Å². The smallest absolute Gasteiger partial charge is 0.139 e. The van der Waals surface area contributed by atoms with Crippen molar-refractivity contribution in [2.45, 2.75) is 45.4 Å². The van der Waals surface area contributed by atoms with E-state index in [0.717, 1.165) is 53.1 Å². The minimum Gasteiger partial charge on any atom is -0.386 e. The highest BCUT2D eigenvalue weighted by Crippen LogP contribution is 2.33. The molecule has 0 bridgehead atoms. The van der Waals surface area contributed by atoms with E-state index in [1.807, 2.05) is 19.2 Å². The minimum atomic E-state index is -0.997. The monoisotopic (exact) mass is 352 g/mol. The molecule has 3 aromatic rings. The number of aliphatic hydroxyl groups is 1. The minimum absolute atomic E-state index is 0.305. The third kappa shape index (κ3) is 3.06. The number of nitrogens with one attached hydrogen (secondary N) is 1. The molecule has 0 spiro atoms. The quantitative estimate of drug-likeness (QED) is 0.735. The van der Waals surface area contributed by atoms with E-state index in [1.54, 1.807) is 26.2 Å². The average molecular weight is 352 g/mol. The number of pyridine rings is 2. The van der Waals surface area contributed by atoms with Gasteiger partial charge in [0.1, 0.15) is 5.82 Å². The van der Waals surface area contributed by atoms with Crippen molar-refractivity contribution in [3.63, 3.8) is 0 Å². The normalized spacial score (nSPS) is 17.3. The molecule has 2 N–H and O–H groups in total. The molecule has 0 radical (unpaired) electrons.